The van der Waals surface area contributed by atoms with E-state index >= 15 is 0 Å². The van der Waals surface area contributed by atoms with Gasteiger partial charge in [0.05, 0.1) is 22.9 Å². The summed E-state index contributed by atoms with van der Waals surface area (Å²) < 4.78 is 76.0. The third-order valence-electron chi connectivity index (χ3n) is 8.07. The van der Waals surface area contributed by atoms with Crippen LogP contribution in [0.1, 0.15) is 85.6 Å². The lowest BCUT2D eigenvalue weighted by Crippen LogP contribution is -2.51. The molecule has 1 aromatic heterocycles. The molecule has 1 saturated carbocycles. The Morgan fingerprint density at radius 2 is 1.56 bits per heavy atom. The molecule has 14 nitrogen and oxygen atoms in total. The fourth-order valence-electron chi connectivity index (χ4n) is 5.98. The van der Waals surface area contributed by atoms with Crippen LogP contribution in [-0.4, -0.2) is 65.8 Å². The highest BCUT2D eigenvalue weighted by molar-refractivity contribution is 7.91. The van der Waals surface area contributed by atoms with E-state index in [0.29, 0.717) is 25.3 Å². The Morgan fingerprint density at radius 1 is 0.942 bits per heavy atom. The minimum absolute atomic E-state index is 0.00506. The average Bonchev–Trinajstić information content (AvgIpc) is 3.67. The first-order chi connectivity index (χ1) is 24.0. The van der Waals surface area contributed by atoms with Gasteiger partial charge in [0.15, 0.2) is 9.84 Å². The summed E-state index contributed by atoms with van der Waals surface area (Å²) >= 11 is 0. The Morgan fingerprint density at radius 3 is 2.15 bits per heavy atom. The van der Waals surface area contributed by atoms with Crippen molar-refractivity contribution in [1.29, 1.82) is 0 Å². The van der Waals surface area contributed by atoms with E-state index in [2.05, 4.69) is 25.6 Å². The van der Waals surface area contributed by atoms with E-state index in [9.17, 15) is 31.6 Å². The van der Waals surface area contributed by atoms with Gasteiger partial charge in [-0.3, -0.25) is 4.79 Å². The summed E-state index contributed by atoms with van der Waals surface area (Å²) in [4.78, 5) is 40.7. The van der Waals surface area contributed by atoms with Crippen molar-refractivity contribution in [1.82, 2.24) is 20.8 Å². The number of sulfone groups is 1. The number of aromatic nitrogens is 2. The number of nitrogens with zero attached hydrogens (tertiary/aromatic N) is 3. The van der Waals surface area contributed by atoms with Gasteiger partial charge >= 0.3 is 18.3 Å². The molecule has 17 heteroatoms. The molecule has 0 radical (unpaired) electrons. The van der Waals surface area contributed by atoms with Crippen LogP contribution in [0.5, 0.6) is 5.75 Å². The van der Waals surface area contributed by atoms with E-state index in [0.717, 1.165) is 12.8 Å². The van der Waals surface area contributed by atoms with Crippen molar-refractivity contribution >= 4 is 33.6 Å². The Balaban J connectivity index is 1.53. The molecule has 0 saturated heterocycles. The van der Waals surface area contributed by atoms with Crippen LogP contribution in [0, 0.1) is 0 Å². The molecule has 3 amide bonds. The largest absolute Gasteiger partial charge is 0.444 e. The number of alkyl carbamates (subject to hydrolysis) is 2. The second-order valence-electron chi connectivity index (χ2n) is 15.0. The summed E-state index contributed by atoms with van der Waals surface area (Å²) in [5, 5.41) is 13.8. The van der Waals surface area contributed by atoms with Gasteiger partial charge < -0.3 is 34.2 Å². The fourth-order valence-corrected chi connectivity index (χ4v) is 7.59. The molecule has 5 rings (SSSR count). The van der Waals surface area contributed by atoms with Crippen LogP contribution in [-0.2, 0) is 36.2 Å². The third-order valence-corrected chi connectivity index (χ3v) is 9.85. The van der Waals surface area contributed by atoms with Gasteiger partial charge in [-0.25, -0.2) is 18.0 Å². The molecular weight excluding hydrogens is 704 g/mol. The van der Waals surface area contributed by atoms with Crippen LogP contribution in [0.4, 0.5) is 24.1 Å². The molecule has 2 aromatic carbocycles. The molecule has 282 valence electrons. The molecular formula is C35H43F2N5O9S. The van der Waals surface area contributed by atoms with Gasteiger partial charge in [0.25, 0.3) is 5.91 Å². The van der Waals surface area contributed by atoms with Crippen molar-refractivity contribution < 1.29 is 50.2 Å². The van der Waals surface area contributed by atoms with Gasteiger partial charge in [-0.2, -0.15) is 8.78 Å². The zero-order valence-corrected chi connectivity index (χ0v) is 30.9. The number of carbonyl (C=O) groups excluding carboxylic acids is 3. The van der Waals surface area contributed by atoms with E-state index < -0.39 is 62.6 Å². The number of rotatable bonds is 8. The summed E-state index contributed by atoms with van der Waals surface area (Å²) in [6.45, 7) is 10.5. The molecule has 2 N–H and O–H groups in total. The molecule has 2 heterocycles. The second-order valence-corrected chi connectivity index (χ2v) is 17.0. The van der Waals surface area contributed by atoms with Gasteiger partial charge in [-0.1, -0.05) is 25.0 Å². The van der Waals surface area contributed by atoms with Crippen molar-refractivity contribution in [2.45, 2.75) is 114 Å². The molecule has 1 aliphatic carbocycles. The van der Waals surface area contributed by atoms with Crippen molar-refractivity contribution in [3.8, 4) is 17.2 Å². The number of anilines is 1. The smallest absolute Gasteiger partial charge is 0.408 e. The van der Waals surface area contributed by atoms with Gasteiger partial charge in [0.1, 0.15) is 28.5 Å². The van der Waals surface area contributed by atoms with Crippen molar-refractivity contribution in [3.05, 3.63) is 53.9 Å². The quantitative estimate of drug-likeness (QED) is 0.267. The lowest BCUT2D eigenvalue weighted by Gasteiger charge is -2.28. The Bertz CT molecular complexity index is 1920. The summed E-state index contributed by atoms with van der Waals surface area (Å²) in [6, 6.07) is 8.13. The third kappa shape index (κ3) is 9.35. The summed E-state index contributed by atoms with van der Waals surface area (Å²) in [7, 11) is -4.21. The highest BCUT2D eigenvalue weighted by Gasteiger charge is 2.44. The first-order valence-electron chi connectivity index (χ1n) is 16.7. The number of benzene rings is 2. The number of alkyl halides is 2. The van der Waals surface area contributed by atoms with E-state index in [4.69, 9.17) is 13.9 Å². The maximum Gasteiger partial charge on any atom is 0.408 e. The zero-order chi connectivity index (χ0) is 38.3. The predicted octanol–water partition coefficient (Wildman–Crippen LogP) is 6.24. The first kappa shape index (κ1) is 38.4. The van der Waals surface area contributed by atoms with E-state index in [1.54, 1.807) is 41.5 Å². The van der Waals surface area contributed by atoms with E-state index in [-0.39, 0.29) is 40.2 Å². The molecule has 2 aliphatic rings. The molecule has 0 bridgehead atoms. The van der Waals surface area contributed by atoms with Crippen molar-refractivity contribution in [3.63, 3.8) is 0 Å². The molecule has 3 aromatic rings. The van der Waals surface area contributed by atoms with E-state index in [1.165, 1.54) is 47.4 Å². The van der Waals surface area contributed by atoms with Crippen molar-refractivity contribution in [2.75, 3.05) is 10.7 Å². The first-order valence-corrected chi connectivity index (χ1v) is 18.4. The molecule has 1 atom stereocenters. The van der Waals surface area contributed by atoms with Crippen LogP contribution in [0.3, 0.4) is 0 Å². The summed E-state index contributed by atoms with van der Waals surface area (Å²) in [5.41, 5.74) is -2.00. The highest BCUT2D eigenvalue weighted by atomic mass is 32.2. The Kier molecular flexibility index (Phi) is 10.3. The molecule has 1 aliphatic heterocycles. The number of nitrogens with one attached hydrogen (secondary N) is 2. The minimum Gasteiger partial charge on any atom is -0.444 e. The van der Waals surface area contributed by atoms with Gasteiger partial charge in [-0.15, -0.1) is 10.2 Å². The van der Waals surface area contributed by atoms with Gasteiger partial charge in [0.2, 0.25) is 11.8 Å². The maximum absolute atomic E-state index is 14.2. The number of carbonyl (C=O) groups is 3. The van der Waals surface area contributed by atoms with Crippen LogP contribution in [0.25, 0.3) is 11.5 Å². The zero-order valence-electron chi connectivity index (χ0n) is 30.0. The summed E-state index contributed by atoms with van der Waals surface area (Å²) in [6.07, 6.45) is -2.45. The fraction of sp³-hybridized carbons (Fsp3) is 0.514. The lowest BCUT2D eigenvalue weighted by atomic mass is 9.98. The van der Waals surface area contributed by atoms with Crippen LogP contribution in [0.15, 0.2) is 51.8 Å². The number of hydrogen-bond acceptors (Lipinski definition) is 11. The second kappa shape index (κ2) is 14.0. The normalized spacial score (nSPS) is 18.6. The molecule has 1 fully saturated rings. The molecule has 52 heavy (non-hydrogen) atoms. The van der Waals surface area contributed by atoms with Gasteiger partial charge in [0, 0.05) is 12.5 Å². The van der Waals surface area contributed by atoms with Crippen LogP contribution in [0.2, 0.25) is 0 Å². The predicted molar refractivity (Wildman–Crippen MR) is 183 cm³/mol. The van der Waals surface area contributed by atoms with E-state index in [1.807, 2.05) is 0 Å². The minimum atomic E-state index is -4.21. The van der Waals surface area contributed by atoms with Crippen LogP contribution < -0.4 is 20.3 Å². The van der Waals surface area contributed by atoms with Gasteiger partial charge in [-0.05, 0) is 90.3 Å². The summed E-state index contributed by atoms with van der Waals surface area (Å²) in [5.74, 6) is -1.53. The Hall–Kier alpha value is -4.80. The average molecular weight is 748 g/mol. The standard InChI is InChI=1S/C35H43F2N5O9S/c1-32(2,3)50-30(44)38-24-20-52(46,47)26-15-12-22(18-25(26)42(28(24)43)19-21-10-13-23(14-11-21)49-34(7,36)37)27-40-41-29(48-27)35(16-8-9-17-35)39-31(45)51-33(4,5)6/h10-15,18,24H,8-9,16-17,19-20H2,1-7H3,(H,38,44)(H,39,45)/t24-/m0/s1. The highest BCUT2D eigenvalue weighted by Crippen LogP contribution is 2.41. The number of ether oxygens (including phenoxy) is 3. The Labute approximate surface area is 300 Å². The number of fused-ring (bicyclic) bond motifs is 1. The topological polar surface area (TPSA) is 179 Å². The lowest BCUT2D eigenvalue weighted by molar-refractivity contribution is -0.159. The SMILES string of the molecule is CC(C)(C)OC(=O)N[C@H]1CS(=O)(=O)c2ccc(-c3nnc(C4(NC(=O)OC(C)(C)C)CCCC4)o3)cc2N(Cc2ccc(OC(C)(F)F)cc2)C1=O. The monoisotopic (exact) mass is 747 g/mol. The molecule has 0 unspecified atom stereocenters. The number of hydrogen-bond donors (Lipinski definition) is 2. The van der Waals surface area contributed by atoms with Crippen LogP contribution >= 0.6 is 0 Å². The maximum atomic E-state index is 14.2. The van der Waals surface area contributed by atoms with Crippen molar-refractivity contribution in [2.24, 2.45) is 0 Å². The molecule has 0 spiro atoms. The number of halogens is 2. The number of amides is 3.